The van der Waals surface area contributed by atoms with Crippen LogP contribution in [-0.2, 0) is 16.4 Å². The van der Waals surface area contributed by atoms with E-state index in [0.717, 1.165) is 5.56 Å². The molecule has 2 rings (SSSR count). The molecule has 110 valence electrons. The normalized spacial score (nSPS) is 10.9. The van der Waals surface area contributed by atoms with Crippen LogP contribution >= 0.6 is 11.3 Å². The number of nitrogens with one attached hydrogen (secondary N) is 1. The molecule has 2 aromatic rings. The molecule has 0 saturated carbocycles. The first-order valence-corrected chi connectivity index (χ1v) is 8.85. The lowest BCUT2D eigenvalue weighted by Crippen LogP contribution is -2.26. The number of nitrogens with two attached hydrogens (primary N) is 1. The van der Waals surface area contributed by atoms with Crippen LogP contribution in [0, 0.1) is 11.8 Å². The molecule has 1 aromatic heterocycles. The Bertz CT molecular complexity index is 741. The van der Waals surface area contributed by atoms with Gasteiger partial charge in [-0.2, -0.15) is 11.3 Å². The van der Waals surface area contributed by atoms with Crippen molar-refractivity contribution in [3.63, 3.8) is 0 Å². The van der Waals surface area contributed by atoms with Gasteiger partial charge in [-0.3, -0.25) is 0 Å². The fourth-order valence-corrected chi connectivity index (χ4v) is 3.69. The van der Waals surface area contributed by atoms with E-state index in [1.165, 1.54) is 0 Å². The van der Waals surface area contributed by atoms with E-state index >= 15 is 0 Å². The number of hydrogen-bond donors (Lipinski definition) is 2. The van der Waals surface area contributed by atoms with Crippen molar-refractivity contribution in [2.24, 2.45) is 5.73 Å². The Morgan fingerprint density at radius 3 is 2.76 bits per heavy atom. The minimum absolute atomic E-state index is 0.191. The van der Waals surface area contributed by atoms with Gasteiger partial charge in [-0.15, -0.1) is 0 Å². The predicted octanol–water partition coefficient (Wildman–Crippen LogP) is 1.58. The zero-order chi connectivity index (χ0) is 15.1. The second-order valence-corrected chi connectivity index (χ2v) is 6.80. The first kappa shape index (κ1) is 15.7. The van der Waals surface area contributed by atoms with Gasteiger partial charge in [0.15, 0.2) is 0 Å². The average molecular weight is 320 g/mol. The quantitative estimate of drug-likeness (QED) is 0.822. The molecule has 0 spiro atoms. The monoisotopic (exact) mass is 320 g/mol. The lowest BCUT2D eigenvalue weighted by atomic mass is 10.2. The summed E-state index contributed by atoms with van der Waals surface area (Å²) < 4.78 is 27.3. The van der Waals surface area contributed by atoms with Gasteiger partial charge in [-0.05, 0) is 40.9 Å². The summed E-state index contributed by atoms with van der Waals surface area (Å²) in [6.07, 6.45) is 0.666. The Hall–Kier alpha value is -1.65. The fourth-order valence-electron chi connectivity index (χ4n) is 1.79. The molecule has 0 saturated heterocycles. The SMILES string of the molecule is NCC#Cc1ccccc1S(=O)(=O)NCCc1ccsc1. The summed E-state index contributed by atoms with van der Waals surface area (Å²) in [6.45, 7) is 0.553. The van der Waals surface area contributed by atoms with Gasteiger partial charge in [-0.1, -0.05) is 24.0 Å². The highest BCUT2D eigenvalue weighted by Gasteiger charge is 2.16. The summed E-state index contributed by atoms with van der Waals surface area (Å²) in [5, 5.41) is 3.98. The second kappa shape index (κ2) is 7.38. The van der Waals surface area contributed by atoms with Gasteiger partial charge in [0, 0.05) is 12.1 Å². The number of thiophene rings is 1. The number of hydrogen-bond acceptors (Lipinski definition) is 4. The molecular formula is C15H16N2O2S2. The molecule has 0 atom stereocenters. The summed E-state index contributed by atoms with van der Waals surface area (Å²) >= 11 is 1.60. The Labute approximate surface area is 129 Å². The molecule has 1 heterocycles. The van der Waals surface area contributed by atoms with Gasteiger partial charge >= 0.3 is 0 Å². The largest absolute Gasteiger partial charge is 0.320 e. The Morgan fingerprint density at radius 2 is 2.05 bits per heavy atom. The standard InChI is InChI=1S/C15H16N2O2S2/c16-9-3-5-14-4-1-2-6-15(14)21(18,19)17-10-7-13-8-11-20-12-13/h1-2,4,6,8,11-12,17H,7,9-10,16H2. The Morgan fingerprint density at radius 1 is 1.24 bits per heavy atom. The van der Waals surface area contributed by atoms with Crippen molar-refractivity contribution in [2.45, 2.75) is 11.3 Å². The molecule has 1 aromatic carbocycles. The van der Waals surface area contributed by atoms with E-state index < -0.39 is 10.0 Å². The third kappa shape index (κ3) is 4.41. The first-order chi connectivity index (χ1) is 10.1. The van der Waals surface area contributed by atoms with Crippen molar-refractivity contribution in [3.8, 4) is 11.8 Å². The average Bonchev–Trinajstić information content (AvgIpc) is 2.98. The van der Waals surface area contributed by atoms with Gasteiger partial charge in [0.25, 0.3) is 0 Å². The van der Waals surface area contributed by atoms with Crippen molar-refractivity contribution in [2.75, 3.05) is 13.1 Å². The lowest BCUT2D eigenvalue weighted by molar-refractivity contribution is 0.581. The van der Waals surface area contributed by atoms with Gasteiger partial charge < -0.3 is 5.73 Å². The van der Waals surface area contributed by atoms with Crippen molar-refractivity contribution in [1.82, 2.24) is 4.72 Å². The van der Waals surface area contributed by atoms with E-state index in [-0.39, 0.29) is 11.4 Å². The van der Waals surface area contributed by atoms with Crippen LogP contribution in [0.5, 0.6) is 0 Å². The highest BCUT2D eigenvalue weighted by molar-refractivity contribution is 7.89. The summed E-state index contributed by atoms with van der Waals surface area (Å²) in [4.78, 5) is 0.191. The van der Waals surface area contributed by atoms with Crippen LogP contribution in [0.4, 0.5) is 0 Å². The Balaban J connectivity index is 2.12. The molecule has 0 amide bonds. The van der Waals surface area contributed by atoms with Crippen LogP contribution in [0.1, 0.15) is 11.1 Å². The summed E-state index contributed by atoms with van der Waals surface area (Å²) in [5.41, 5.74) is 6.92. The molecule has 0 bridgehead atoms. The summed E-state index contributed by atoms with van der Waals surface area (Å²) in [7, 11) is -3.56. The third-order valence-corrected chi connectivity index (χ3v) is 5.04. The van der Waals surface area contributed by atoms with Crippen molar-refractivity contribution < 1.29 is 8.42 Å². The molecule has 3 N–H and O–H groups in total. The smallest absolute Gasteiger partial charge is 0.241 e. The van der Waals surface area contributed by atoms with E-state index in [4.69, 9.17) is 5.73 Å². The van der Waals surface area contributed by atoms with Gasteiger partial charge in [-0.25, -0.2) is 13.1 Å². The topological polar surface area (TPSA) is 72.2 Å². The van der Waals surface area contributed by atoms with Gasteiger partial charge in [0.1, 0.15) is 0 Å². The maximum atomic E-state index is 12.3. The Kier molecular flexibility index (Phi) is 5.53. The van der Waals surface area contributed by atoms with Crippen molar-refractivity contribution in [1.29, 1.82) is 0 Å². The van der Waals surface area contributed by atoms with Crippen molar-refractivity contribution in [3.05, 3.63) is 52.2 Å². The van der Waals surface area contributed by atoms with Crippen LogP contribution in [-0.4, -0.2) is 21.5 Å². The molecule has 21 heavy (non-hydrogen) atoms. The highest BCUT2D eigenvalue weighted by Crippen LogP contribution is 2.14. The van der Waals surface area contributed by atoms with Gasteiger partial charge in [0.2, 0.25) is 10.0 Å². The molecule has 0 aliphatic rings. The van der Waals surface area contributed by atoms with E-state index in [2.05, 4.69) is 16.6 Å². The van der Waals surface area contributed by atoms with Gasteiger partial charge in [0.05, 0.1) is 11.4 Å². The maximum Gasteiger partial charge on any atom is 0.241 e. The maximum absolute atomic E-state index is 12.3. The number of rotatable bonds is 5. The fraction of sp³-hybridized carbons (Fsp3) is 0.200. The number of benzene rings is 1. The molecule has 0 aliphatic carbocycles. The summed E-state index contributed by atoms with van der Waals surface area (Å²) in [5.74, 6) is 5.47. The molecular weight excluding hydrogens is 304 g/mol. The van der Waals surface area contributed by atoms with Crippen LogP contribution in [0.15, 0.2) is 46.0 Å². The minimum atomic E-state index is -3.56. The zero-order valence-electron chi connectivity index (χ0n) is 11.4. The molecule has 0 fully saturated rings. The third-order valence-electron chi connectivity index (χ3n) is 2.79. The van der Waals surface area contributed by atoms with Crippen LogP contribution in [0.25, 0.3) is 0 Å². The van der Waals surface area contributed by atoms with Crippen molar-refractivity contribution >= 4 is 21.4 Å². The molecule has 0 unspecified atom stereocenters. The minimum Gasteiger partial charge on any atom is -0.320 e. The lowest BCUT2D eigenvalue weighted by Gasteiger charge is -2.08. The van der Waals surface area contributed by atoms with E-state index in [0.29, 0.717) is 18.5 Å². The molecule has 0 radical (unpaired) electrons. The van der Waals surface area contributed by atoms with Crippen LogP contribution in [0.3, 0.4) is 0 Å². The highest BCUT2D eigenvalue weighted by atomic mass is 32.2. The zero-order valence-corrected chi connectivity index (χ0v) is 13.0. The van der Waals surface area contributed by atoms with E-state index in [1.807, 2.05) is 16.8 Å². The van der Waals surface area contributed by atoms with Crippen LogP contribution < -0.4 is 10.5 Å². The van der Waals surface area contributed by atoms with E-state index in [1.54, 1.807) is 35.6 Å². The van der Waals surface area contributed by atoms with Crippen LogP contribution in [0.2, 0.25) is 0 Å². The first-order valence-electron chi connectivity index (χ1n) is 6.42. The summed E-state index contributed by atoms with van der Waals surface area (Å²) in [6, 6.07) is 8.65. The molecule has 6 heteroatoms. The number of sulfonamides is 1. The second-order valence-electron chi connectivity index (χ2n) is 4.28. The molecule has 0 aliphatic heterocycles. The van der Waals surface area contributed by atoms with E-state index in [9.17, 15) is 8.42 Å². The molecule has 4 nitrogen and oxygen atoms in total. The predicted molar refractivity (Wildman–Crippen MR) is 85.6 cm³/mol.